The first-order valence-corrected chi connectivity index (χ1v) is 23.9. The van der Waals surface area contributed by atoms with E-state index in [0.717, 1.165) is 24.8 Å². The third kappa shape index (κ3) is 15.0. The lowest BCUT2D eigenvalue weighted by molar-refractivity contribution is -0.387. The molecular weight excluding hydrogens is 881 g/mol. The number of methoxy groups -OCH3 is 1. The Hall–Kier alpha value is -4.09. The van der Waals surface area contributed by atoms with Crippen molar-refractivity contribution < 1.29 is 76.4 Å². The van der Waals surface area contributed by atoms with Crippen molar-refractivity contribution in [3.05, 3.63) is 48.0 Å². The van der Waals surface area contributed by atoms with Crippen molar-refractivity contribution in [1.29, 1.82) is 0 Å². The number of rotatable bonds is 22. The highest BCUT2D eigenvalue weighted by molar-refractivity contribution is 6.00. The maximum atomic E-state index is 15.4. The molecule has 1 aromatic rings. The summed E-state index contributed by atoms with van der Waals surface area (Å²) in [6.07, 6.45) is -5.49. The van der Waals surface area contributed by atoms with E-state index in [9.17, 15) is 24.3 Å². The highest BCUT2D eigenvalue weighted by atomic mass is 16.8. The van der Waals surface area contributed by atoms with Gasteiger partial charge < -0.3 is 52.5 Å². The summed E-state index contributed by atoms with van der Waals surface area (Å²) in [7, 11) is 1.34. The smallest absolute Gasteiger partial charge is 0.458 e. The van der Waals surface area contributed by atoms with Gasteiger partial charge in [-0.15, -0.1) is 0 Å². The van der Waals surface area contributed by atoms with E-state index in [2.05, 4.69) is 27.4 Å². The van der Waals surface area contributed by atoms with E-state index in [1.165, 1.54) is 69.4 Å². The van der Waals surface area contributed by atoms with Gasteiger partial charge >= 0.3 is 30.0 Å². The third-order valence-electron chi connectivity index (χ3n) is 11.8. The highest BCUT2D eigenvalue weighted by Crippen LogP contribution is 2.59. The Kier molecular flexibility index (Phi) is 19.5. The van der Waals surface area contributed by atoms with Gasteiger partial charge in [-0.2, -0.15) is 0 Å². The van der Waals surface area contributed by atoms with Gasteiger partial charge in [0, 0.05) is 26.4 Å². The van der Waals surface area contributed by atoms with Crippen molar-refractivity contribution in [3.8, 4) is 0 Å². The van der Waals surface area contributed by atoms with Gasteiger partial charge in [0.2, 0.25) is 17.5 Å². The fourth-order valence-corrected chi connectivity index (χ4v) is 8.50. The van der Waals surface area contributed by atoms with Crippen LogP contribution in [0.25, 0.3) is 0 Å². The summed E-state index contributed by atoms with van der Waals surface area (Å²) in [5.41, 5.74) is -9.38. The molecule has 10 atom stereocenters. The molecule has 68 heavy (non-hydrogen) atoms. The van der Waals surface area contributed by atoms with Crippen LogP contribution in [-0.2, 0) is 73.0 Å². The SMILES string of the molecule is C=C(CC[C@@]12O[C@H](C(=O)OC(C)(C)C)[C@@](O)(C(=O)OC(C)(C)C)[C@@](C(=O)OC(C)(C)C)(O1)[C@H](OC(=O)OCCC[C@@H](C)C[C@@H](C)CC)[C@H]2OC(C)(C)OC)C(OC(C)=O)C(C)Cc1ccccc1. The molecular formula is C52H82O16. The number of benzene rings is 1. The summed E-state index contributed by atoms with van der Waals surface area (Å²) >= 11 is 0. The maximum absolute atomic E-state index is 15.4. The summed E-state index contributed by atoms with van der Waals surface area (Å²) in [5, 5.41) is 13.4. The average Bonchev–Trinajstić information content (AvgIpc) is 3.43. The minimum atomic E-state index is -3.54. The van der Waals surface area contributed by atoms with Crippen LogP contribution in [0.15, 0.2) is 42.5 Å². The van der Waals surface area contributed by atoms with Crippen LogP contribution in [0, 0.1) is 17.8 Å². The summed E-state index contributed by atoms with van der Waals surface area (Å²) in [4.78, 5) is 71.9. The average molecular weight is 963 g/mol. The summed E-state index contributed by atoms with van der Waals surface area (Å²) in [6.45, 7) is 30.7. The lowest BCUT2D eigenvalue weighted by atomic mass is 9.74. The van der Waals surface area contributed by atoms with Gasteiger partial charge in [0.25, 0.3) is 5.60 Å². The second-order valence-electron chi connectivity index (χ2n) is 22.1. The van der Waals surface area contributed by atoms with E-state index in [1.807, 2.05) is 37.3 Å². The van der Waals surface area contributed by atoms with Crippen LogP contribution in [0.1, 0.15) is 155 Å². The van der Waals surface area contributed by atoms with Gasteiger partial charge in [0.05, 0.1) is 6.61 Å². The Morgan fingerprint density at radius 2 is 1.40 bits per heavy atom. The van der Waals surface area contributed by atoms with Gasteiger partial charge in [-0.3, -0.25) is 4.79 Å². The number of aliphatic hydroxyl groups is 1. The van der Waals surface area contributed by atoms with E-state index in [1.54, 1.807) is 20.8 Å². The molecule has 1 aromatic carbocycles. The van der Waals surface area contributed by atoms with Crippen molar-refractivity contribution in [2.45, 2.75) is 220 Å². The van der Waals surface area contributed by atoms with Crippen molar-refractivity contribution >= 4 is 30.0 Å². The van der Waals surface area contributed by atoms with Crippen LogP contribution in [0.3, 0.4) is 0 Å². The predicted octanol–water partition coefficient (Wildman–Crippen LogP) is 8.90. The number of carbonyl (C=O) groups is 5. The normalized spacial score (nSPS) is 25.8. The molecule has 2 saturated heterocycles. The molecule has 0 amide bonds. The van der Waals surface area contributed by atoms with Gasteiger partial charge in [-0.05, 0) is 131 Å². The monoisotopic (exact) mass is 963 g/mol. The first-order chi connectivity index (χ1) is 31.2. The van der Waals surface area contributed by atoms with E-state index in [4.69, 9.17) is 47.4 Å². The van der Waals surface area contributed by atoms with Crippen LogP contribution >= 0.6 is 0 Å². The van der Waals surface area contributed by atoms with Crippen molar-refractivity contribution in [3.63, 3.8) is 0 Å². The molecule has 2 aliphatic rings. The molecule has 2 aliphatic heterocycles. The van der Waals surface area contributed by atoms with Gasteiger partial charge in [-0.25, -0.2) is 19.2 Å². The lowest BCUT2D eigenvalue weighted by Gasteiger charge is -2.51. The lowest BCUT2D eigenvalue weighted by Crippen LogP contribution is -2.79. The van der Waals surface area contributed by atoms with Crippen molar-refractivity contribution in [1.82, 2.24) is 0 Å². The fraction of sp³-hybridized carbons (Fsp3) is 0.750. The van der Waals surface area contributed by atoms with Crippen LogP contribution in [0.4, 0.5) is 4.79 Å². The molecule has 386 valence electrons. The number of fused-ring (bicyclic) bond motifs is 2. The van der Waals surface area contributed by atoms with Gasteiger partial charge in [0.15, 0.2) is 18.0 Å². The van der Waals surface area contributed by atoms with E-state index >= 15 is 4.79 Å². The first kappa shape index (κ1) is 58.2. The molecule has 16 heteroatoms. The highest BCUT2D eigenvalue weighted by Gasteiger charge is 2.87. The molecule has 2 bridgehead atoms. The van der Waals surface area contributed by atoms with Crippen molar-refractivity contribution in [2.24, 2.45) is 17.8 Å². The minimum Gasteiger partial charge on any atom is -0.458 e. The minimum absolute atomic E-state index is 0.0944. The Bertz CT molecular complexity index is 1890. The Morgan fingerprint density at radius 1 is 0.824 bits per heavy atom. The number of esters is 4. The van der Waals surface area contributed by atoms with Crippen LogP contribution < -0.4 is 0 Å². The predicted molar refractivity (Wildman–Crippen MR) is 252 cm³/mol. The molecule has 2 unspecified atom stereocenters. The Labute approximate surface area is 404 Å². The van der Waals surface area contributed by atoms with Crippen LogP contribution in [0.2, 0.25) is 0 Å². The largest absolute Gasteiger partial charge is 0.508 e. The molecule has 1 N–H and O–H groups in total. The van der Waals surface area contributed by atoms with E-state index in [-0.39, 0.29) is 25.4 Å². The Morgan fingerprint density at radius 3 is 1.93 bits per heavy atom. The zero-order chi connectivity index (χ0) is 51.8. The zero-order valence-corrected chi connectivity index (χ0v) is 43.9. The number of carbonyl (C=O) groups excluding carboxylic acids is 5. The summed E-state index contributed by atoms with van der Waals surface area (Å²) in [5.74, 6) is -8.40. The van der Waals surface area contributed by atoms with E-state index in [0.29, 0.717) is 30.3 Å². The second kappa shape index (κ2) is 22.8. The molecule has 3 rings (SSSR count). The third-order valence-corrected chi connectivity index (χ3v) is 11.8. The van der Waals surface area contributed by atoms with Crippen molar-refractivity contribution in [2.75, 3.05) is 13.7 Å². The standard InChI is InChI=1S/C52H82O16/c1-19-32(2)30-33(3)24-23-29-60-45(57)62-40-39(63-49(16,17)59-18)50(28-27-34(4)38(61-36(6)53)35(5)31-37-25-21-20-22-26-37)64-41(42(54)65-46(7,8)9)51(58,43(55)66-47(10,11)12)52(40,68-50)44(56)67-48(13,14)15/h20-22,25-26,32-33,35,38-41,58H,4,19,23-24,27-31H2,1-3,5-18H3/t32-,33+,35?,38?,39+,40+,41+,50+,51+,52+/m0/s1. The molecule has 0 aromatic heterocycles. The van der Waals surface area contributed by atoms with Crippen LogP contribution in [0.5, 0.6) is 0 Å². The first-order valence-electron chi connectivity index (χ1n) is 23.9. The second-order valence-corrected chi connectivity index (χ2v) is 22.1. The molecule has 0 radical (unpaired) electrons. The number of hydrogen-bond donors (Lipinski definition) is 1. The topological polar surface area (TPSA) is 198 Å². The van der Waals surface area contributed by atoms with Gasteiger partial charge in [0.1, 0.15) is 22.9 Å². The van der Waals surface area contributed by atoms with Gasteiger partial charge in [-0.1, -0.05) is 71.0 Å². The number of hydrogen-bond acceptors (Lipinski definition) is 16. The fourth-order valence-electron chi connectivity index (χ4n) is 8.50. The summed E-state index contributed by atoms with van der Waals surface area (Å²) in [6, 6.07) is 9.59. The Balaban J connectivity index is 2.39. The molecule has 16 nitrogen and oxygen atoms in total. The molecule has 2 fully saturated rings. The molecule has 2 heterocycles. The molecule has 0 spiro atoms. The number of ether oxygens (including phenoxy) is 10. The summed E-state index contributed by atoms with van der Waals surface area (Å²) < 4.78 is 61.1. The molecule has 0 aliphatic carbocycles. The zero-order valence-electron chi connectivity index (χ0n) is 43.9. The van der Waals surface area contributed by atoms with E-state index < -0.39 is 94.0 Å². The quantitative estimate of drug-likeness (QED) is 0.0380. The molecule has 0 saturated carbocycles. The maximum Gasteiger partial charge on any atom is 0.508 e. The van der Waals surface area contributed by atoms with Crippen LogP contribution in [-0.4, -0.2) is 113 Å².